The first kappa shape index (κ1) is 15.3. The second-order valence-electron chi connectivity index (χ2n) is 2.66. The molecule has 0 bridgehead atoms. The fourth-order valence-corrected chi connectivity index (χ4v) is 33.1. The first-order valence-corrected chi connectivity index (χ1v) is 28.2. The van der Waals surface area contributed by atoms with E-state index in [0.29, 0.717) is 0 Å². The number of halogens is 6. The molecule has 0 saturated carbocycles. The van der Waals surface area contributed by atoms with Crippen molar-refractivity contribution >= 4 is 83.5 Å². The van der Waals surface area contributed by atoms with Crippen LogP contribution in [0.5, 0.6) is 0 Å². The van der Waals surface area contributed by atoms with E-state index in [1.54, 1.807) is 0 Å². The first-order valence-electron chi connectivity index (χ1n) is 3.20. The van der Waals surface area contributed by atoms with Crippen LogP contribution in [-0.2, 0) is 0 Å². The maximum absolute atomic E-state index is 5.88. The van der Waals surface area contributed by atoms with Crippen LogP contribution in [0.15, 0.2) is 0 Å². The molecule has 0 rings (SSSR count). The summed E-state index contributed by atoms with van der Waals surface area (Å²) in [5.74, 6) is 0. The Bertz CT molecular complexity index is 131. The molecule has 0 fully saturated rings. The zero-order valence-corrected chi connectivity index (χ0v) is 16.7. The van der Waals surface area contributed by atoms with E-state index < -0.39 is 30.0 Å². The summed E-state index contributed by atoms with van der Waals surface area (Å²) in [4.78, 5) is 0. The Hall–Kier alpha value is 3.34. The molecule has 0 saturated heterocycles. The Morgan fingerprint density at radius 3 is 0.917 bits per heavy atom. The summed E-state index contributed by atoms with van der Waals surface area (Å²) in [7, 11) is 35.3. The molecule has 74 valence electrons. The predicted octanol–water partition coefficient (Wildman–Crippen LogP) is 5.08. The van der Waals surface area contributed by atoms with Gasteiger partial charge < -0.3 is 0 Å². The second kappa shape index (κ2) is 5.60. The molecule has 0 aromatic heterocycles. The zero-order chi connectivity index (χ0) is 10.2. The Morgan fingerprint density at radius 2 is 0.833 bits per heavy atom. The van der Waals surface area contributed by atoms with Crippen molar-refractivity contribution in [3.63, 3.8) is 0 Å². The molecule has 0 nitrogen and oxygen atoms in total. The maximum atomic E-state index is 5.88. The van der Waals surface area contributed by atoms with Crippen molar-refractivity contribution in [2.45, 2.75) is 21.7 Å². The second-order valence-corrected chi connectivity index (χ2v) is 45.8. The third-order valence-electron chi connectivity index (χ3n) is 1.78. The summed E-state index contributed by atoms with van der Waals surface area (Å²) in [6.07, 6.45) is 0. The normalized spacial score (nSPS) is 19.0. The van der Waals surface area contributed by atoms with E-state index in [2.05, 4.69) is 0 Å². The average Bonchev–Trinajstić information content (AvgIpc) is 1.80. The summed E-state index contributed by atoms with van der Waals surface area (Å²) >= 11 is -6.84. The molecule has 8 heteroatoms. The topological polar surface area (TPSA) is 0 Å². The Labute approximate surface area is 103 Å². The van der Waals surface area contributed by atoms with Crippen LogP contribution in [0, 0.1) is 0 Å². The first-order chi connectivity index (χ1) is 5.07. The van der Waals surface area contributed by atoms with Gasteiger partial charge in [0, 0.05) is 0 Å². The third-order valence-corrected chi connectivity index (χ3v) is 27.1. The van der Waals surface area contributed by atoms with Gasteiger partial charge in [0.15, 0.2) is 0 Å². The minimum absolute atomic E-state index is 0.0207. The van der Waals surface area contributed by atoms with E-state index in [0.717, 1.165) is 0 Å². The van der Waals surface area contributed by atoms with Crippen LogP contribution in [0.1, 0.15) is 13.8 Å². The van der Waals surface area contributed by atoms with Gasteiger partial charge in [0.1, 0.15) is 0 Å². The Morgan fingerprint density at radius 1 is 0.667 bits per heavy atom. The van der Waals surface area contributed by atoms with Gasteiger partial charge in [0.2, 0.25) is 0 Å². The van der Waals surface area contributed by atoms with Crippen molar-refractivity contribution in [1.82, 2.24) is 0 Å². The molecule has 0 amide bonds. The molecule has 12 heavy (non-hydrogen) atoms. The van der Waals surface area contributed by atoms with Crippen LogP contribution >= 0.6 is 53.5 Å². The van der Waals surface area contributed by atoms with Gasteiger partial charge in [-0.25, -0.2) is 0 Å². The van der Waals surface area contributed by atoms with Crippen molar-refractivity contribution in [3.8, 4) is 0 Å². The van der Waals surface area contributed by atoms with E-state index in [1.165, 1.54) is 0 Å². The molecule has 0 aliphatic heterocycles. The van der Waals surface area contributed by atoms with Gasteiger partial charge in [0.25, 0.3) is 0 Å². The summed E-state index contributed by atoms with van der Waals surface area (Å²) < 4.78 is -0.0415. The molecule has 0 aromatic carbocycles. The summed E-state index contributed by atoms with van der Waals surface area (Å²) in [6.45, 7) is 3.74. The van der Waals surface area contributed by atoms with E-state index in [4.69, 9.17) is 53.5 Å². The van der Waals surface area contributed by atoms with Crippen LogP contribution in [0.25, 0.3) is 0 Å². The van der Waals surface area contributed by atoms with Gasteiger partial charge in [-0.15, -0.1) is 0 Å². The number of rotatable bonds is 3. The Balaban J connectivity index is 4.41. The molecule has 0 spiro atoms. The van der Waals surface area contributed by atoms with Crippen LogP contribution < -0.4 is 0 Å². The molecular formula is C4H8Cl6Sn2. The summed E-state index contributed by atoms with van der Waals surface area (Å²) in [5.41, 5.74) is 0. The van der Waals surface area contributed by atoms with Crippen molar-refractivity contribution < 1.29 is 0 Å². The fraction of sp³-hybridized carbons (Fsp3) is 1.00. The molecule has 0 radical (unpaired) electrons. The Kier molecular flexibility index (Phi) is 7.16. The van der Waals surface area contributed by atoms with Gasteiger partial charge in [-0.1, -0.05) is 0 Å². The standard InChI is InChI=1S/C4H8.6ClH.2Sn/c1-3-4-2;;;;;;;;/h3-4H,1-2H3;6*1H;;/q;;;;;;;2*+3/p-6. The zero-order valence-electron chi connectivity index (χ0n) is 6.42. The minimum atomic E-state index is -3.42. The van der Waals surface area contributed by atoms with Crippen molar-refractivity contribution in [1.29, 1.82) is 0 Å². The van der Waals surface area contributed by atoms with E-state index in [1.807, 2.05) is 13.8 Å². The van der Waals surface area contributed by atoms with Gasteiger partial charge in [-0.05, 0) is 0 Å². The third kappa shape index (κ3) is 5.43. The van der Waals surface area contributed by atoms with E-state index >= 15 is 0 Å². The van der Waals surface area contributed by atoms with Crippen LogP contribution in [0.3, 0.4) is 0 Å². The number of hydrogen-bond donors (Lipinski definition) is 0. The molecule has 0 aliphatic carbocycles. The SMILES string of the molecule is C[CH]([CH](C)[Sn]([Cl])([Cl])[Cl])[Sn]([Cl])([Cl])[Cl]. The van der Waals surface area contributed by atoms with Crippen LogP contribution in [0.2, 0.25) is 7.87 Å². The predicted molar refractivity (Wildman–Crippen MR) is 65.5 cm³/mol. The van der Waals surface area contributed by atoms with Gasteiger partial charge in [-0.2, -0.15) is 0 Å². The molecule has 2 unspecified atom stereocenters. The molecule has 0 aliphatic rings. The summed E-state index contributed by atoms with van der Waals surface area (Å²) in [6, 6.07) is 0. The van der Waals surface area contributed by atoms with Gasteiger partial charge in [-0.3, -0.25) is 0 Å². The van der Waals surface area contributed by atoms with Crippen molar-refractivity contribution in [2.75, 3.05) is 0 Å². The van der Waals surface area contributed by atoms with E-state index in [-0.39, 0.29) is 7.87 Å². The van der Waals surface area contributed by atoms with Gasteiger partial charge in [0.05, 0.1) is 0 Å². The molecule has 0 aromatic rings. The molecule has 0 N–H and O–H groups in total. The monoisotopic (exact) mass is 506 g/mol. The average molecular weight is 506 g/mol. The molecule has 0 heterocycles. The molecular weight excluding hydrogens is 498 g/mol. The fourth-order valence-electron chi connectivity index (χ4n) is 0.567. The van der Waals surface area contributed by atoms with Crippen LogP contribution in [0.4, 0.5) is 0 Å². The van der Waals surface area contributed by atoms with Crippen molar-refractivity contribution in [3.05, 3.63) is 0 Å². The van der Waals surface area contributed by atoms with Gasteiger partial charge >= 0.3 is 105 Å². The number of hydrogen-bond acceptors (Lipinski definition) is 0. The van der Waals surface area contributed by atoms with Crippen molar-refractivity contribution in [2.24, 2.45) is 0 Å². The van der Waals surface area contributed by atoms with Crippen LogP contribution in [-0.4, -0.2) is 30.0 Å². The summed E-state index contributed by atoms with van der Waals surface area (Å²) in [5, 5.41) is 0. The molecule has 2 atom stereocenters. The van der Waals surface area contributed by atoms with E-state index in [9.17, 15) is 0 Å². The quantitative estimate of drug-likeness (QED) is 0.469.